The summed E-state index contributed by atoms with van der Waals surface area (Å²) >= 11 is 1.63. The van der Waals surface area contributed by atoms with Crippen LogP contribution in [0.25, 0.3) is 0 Å². The monoisotopic (exact) mass is 410 g/mol. The van der Waals surface area contributed by atoms with Gasteiger partial charge in [0.2, 0.25) is 0 Å². The number of benzene rings is 4. The lowest BCUT2D eigenvalue weighted by Gasteiger charge is -2.21. The second-order valence-corrected chi connectivity index (χ2v) is 7.88. The van der Waals surface area contributed by atoms with Crippen molar-refractivity contribution in [1.29, 1.82) is 0 Å². The molecule has 3 nitrogen and oxygen atoms in total. The lowest BCUT2D eigenvalue weighted by molar-refractivity contribution is 0.250. The van der Waals surface area contributed by atoms with E-state index in [0.29, 0.717) is 0 Å². The normalized spacial score (nSPS) is 10.6. The molecule has 0 bridgehead atoms. The van der Waals surface area contributed by atoms with E-state index < -0.39 is 0 Å². The van der Waals surface area contributed by atoms with E-state index in [1.165, 1.54) is 0 Å². The molecule has 0 aliphatic rings. The summed E-state index contributed by atoms with van der Waals surface area (Å²) in [6, 6.07) is 37.5. The quantitative estimate of drug-likeness (QED) is 0.369. The summed E-state index contributed by atoms with van der Waals surface area (Å²) < 4.78 is 0. The third kappa shape index (κ3) is 5.10. The molecule has 30 heavy (non-hydrogen) atoms. The van der Waals surface area contributed by atoms with Gasteiger partial charge >= 0.3 is 6.03 Å². The van der Waals surface area contributed by atoms with E-state index in [1.807, 2.05) is 103 Å². The van der Waals surface area contributed by atoms with Gasteiger partial charge in [-0.3, -0.25) is 0 Å². The smallest absolute Gasteiger partial charge is 0.320 e. The Labute approximate surface area is 181 Å². The van der Waals surface area contributed by atoms with Crippen molar-refractivity contribution in [1.82, 2.24) is 5.32 Å². The number of hydrogen-bond acceptors (Lipinski definition) is 2. The number of urea groups is 1. The molecule has 0 aliphatic carbocycles. The third-order valence-corrected chi connectivity index (χ3v) is 5.73. The highest BCUT2D eigenvalue weighted by molar-refractivity contribution is 7.99. The summed E-state index contributed by atoms with van der Waals surface area (Å²) in [5, 5.41) is 6.16. The molecule has 2 amide bonds. The minimum atomic E-state index is -0.242. The highest BCUT2D eigenvalue weighted by Gasteiger charge is 2.17. The van der Waals surface area contributed by atoms with Gasteiger partial charge in [-0.15, -0.1) is 0 Å². The van der Waals surface area contributed by atoms with Gasteiger partial charge in [0.1, 0.15) is 0 Å². The van der Waals surface area contributed by atoms with Crippen LogP contribution in [0.5, 0.6) is 0 Å². The first-order chi connectivity index (χ1) is 14.8. The zero-order valence-corrected chi connectivity index (χ0v) is 17.2. The Hall–Kier alpha value is -3.50. The molecular weight excluding hydrogens is 388 g/mol. The van der Waals surface area contributed by atoms with E-state index >= 15 is 0 Å². The van der Waals surface area contributed by atoms with Crippen molar-refractivity contribution in [3.63, 3.8) is 0 Å². The number of carbonyl (C=O) groups is 1. The number of carbonyl (C=O) groups excluding carboxylic acids is 1. The molecule has 0 saturated carbocycles. The number of hydrogen-bond donors (Lipinski definition) is 2. The average Bonchev–Trinajstić information content (AvgIpc) is 2.81. The fourth-order valence-corrected chi connectivity index (χ4v) is 4.14. The van der Waals surface area contributed by atoms with E-state index in [4.69, 9.17) is 0 Å². The molecule has 0 aliphatic heterocycles. The summed E-state index contributed by atoms with van der Waals surface area (Å²) in [6.07, 6.45) is 0. The number of para-hydroxylation sites is 1. The topological polar surface area (TPSA) is 41.1 Å². The van der Waals surface area contributed by atoms with Gasteiger partial charge in [0.25, 0.3) is 0 Å². The zero-order chi connectivity index (χ0) is 20.6. The predicted octanol–water partition coefficient (Wildman–Crippen LogP) is 6.75. The average molecular weight is 411 g/mol. The minimum Gasteiger partial charge on any atom is -0.327 e. The molecule has 0 heterocycles. The Morgan fingerprint density at radius 2 is 1.13 bits per heavy atom. The maximum absolute atomic E-state index is 12.9. The number of rotatable bonds is 6. The Morgan fingerprint density at radius 3 is 1.73 bits per heavy atom. The van der Waals surface area contributed by atoms with Crippen LogP contribution < -0.4 is 10.6 Å². The molecule has 4 aromatic rings. The fourth-order valence-electron chi connectivity index (χ4n) is 3.21. The molecule has 0 aromatic heterocycles. The van der Waals surface area contributed by atoms with Crippen molar-refractivity contribution in [3.8, 4) is 0 Å². The number of amides is 2. The number of anilines is 1. The maximum Gasteiger partial charge on any atom is 0.320 e. The van der Waals surface area contributed by atoms with Gasteiger partial charge < -0.3 is 10.6 Å². The van der Waals surface area contributed by atoms with Gasteiger partial charge in [0.15, 0.2) is 0 Å². The minimum absolute atomic E-state index is 0.235. The van der Waals surface area contributed by atoms with Gasteiger partial charge in [0, 0.05) is 9.79 Å². The highest BCUT2D eigenvalue weighted by Crippen LogP contribution is 2.33. The van der Waals surface area contributed by atoms with Crippen molar-refractivity contribution in [3.05, 3.63) is 126 Å². The molecule has 2 N–H and O–H groups in total. The molecule has 0 radical (unpaired) electrons. The van der Waals surface area contributed by atoms with Crippen LogP contribution in [0.4, 0.5) is 10.5 Å². The molecule has 0 fully saturated rings. The summed E-state index contributed by atoms with van der Waals surface area (Å²) in [5.41, 5.74) is 2.85. The summed E-state index contributed by atoms with van der Waals surface area (Å²) in [4.78, 5) is 15.1. The molecular formula is C26H22N2OS. The Morgan fingerprint density at radius 1 is 0.633 bits per heavy atom. The second kappa shape index (κ2) is 9.81. The van der Waals surface area contributed by atoms with Crippen molar-refractivity contribution in [2.75, 3.05) is 5.32 Å². The molecule has 0 atom stereocenters. The van der Waals surface area contributed by atoms with E-state index in [2.05, 4.69) is 22.8 Å². The first-order valence-corrected chi connectivity index (χ1v) is 10.6. The Bertz CT molecular complexity index is 1050. The van der Waals surface area contributed by atoms with Crippen LogP contribution in [0.2, 0.25) is 0 Å². The second-order valence-electron chi connectivity index (χ2n) is 6.76. The van der Waals surface area contributed by atoms with Crippen molar-refractivity contribution >= 4 is 23.5 Å². The van der Waals surface area contributed by atoms with Gasteiger partial charge in [-0.25, -0.2) is 4.79 Å². The standard InChI is InChI=1S/C26H22N2OS/c29-26(27-23-18-10-11-19-24(23)30-22-16-8-3-9-17-22)28-25(20-12-4-1-5-13-20)21-14-6-2-7-15-21/h1-19,25H,(H2,27,28,29). The summed E-state index contributed by atoms with van der Waals surface area (Å²) in [5.74, 6) is 0. The zero-order valence-electron chi connectivity index (χ0n) is 16.4. The van der Waals surface area contributed by atoms with Gasteiger partial charge in [-0.1, -0.05) is 103 Å². The molecule has 0 spiro atoms. The lowest BCUT2D eigenvalue weighted by Crippen LogP contribution is -2.33. The predicted molar refractivity (Wildman–Crippen MR) is 124 cm³/mol. The SMILES string of the molecule is O=C(Nc1ccccc1Sc1ccccc1)NC(c1ccccc1)c1ccccc1. The molecule has 4 heteroatoms. The first kappa shape index (κ1) is 19.8. The molecule has 148 valence electrons. The fraction of sp³-hybridized carbons (Fsp3) is 0.0385. The molecule has 0 saturated heterocycles. The van der Waals surface area contributed by atoms with E-state index in [0.717, 1.165) is 26.6 Å². The van der Waals surface area contributed by atoms with Crippen LogP contribution >= 0.6 is 11.8 Å². The molecule has 4 aromatic carbocycles. The van der Waals surface area contributed by atoms with Crippen molar-refractivity contribution in [2.24, 2.45) is 0 Å². The van der Waals surface area contributed by atoms with Crippen LogP contribution in [-0.4, -0.2) is 6.03 Å². The van der Waals surface area contributed by atoms with Crippen LogP contribution in [0.1, 0.15) is 17.2 Å². The van der Waals surface area contributed by atoms with Crippen LogP contribution in [0.3, 0.4) is 0 Å². The first-order valence-electron chi connectivity index (χ1n) is 9.79. The van der Waals surface area contributed by atoms with Crippen LogP contribution in [-0.2, 0) is 0 Å². The highest BCUT2D eigenvalue weighted by atomic mass is 32.2. The van der Waals surface area contributed by atoms with Gasteiger partial charge in [-0.2, -0.15) is 0 Å². The largest absolute Gasteiger partial charge is 0.327 e. The molecule has 0 unspecified atom stereocenters. The van der Waals surface area contributed by atoms with Crippen LogP contribution in [0.15, 0.2) is 125 Å². The third-order valence-electron chi connectivity index (χ3n) is 4.65. The van der Waals surface area contributed by atoms with E-state index in [1.54, 1.807) is 11.8 Å². The van der Waals surface area contributed by atoms with Crippen LogP contribution in [0, 0.1) is 0 Å². The number of nitrogens with one attached hydrogen (secondary N) is 2. The summed E-state index contributed by atoms with van der Waals surface area (Å²) in [7, 11) is 0. The Kier molecular flexibility index (Phi) is 6.47. The van der Waals surface area contributed by atoms with E-state index in [9.17, 15) is 4.79 Å². The Balaban J connectivity index is 1.53. The summed E-state index contributed by atoms with van der Waals surface area (Å²) in [6.45, 7) is 0. The van der Waals surface area contributed by atoms with Gasteiger partial charge in [0.05, 0.1) is 11.7 Å². The van der Waals surface area contributed by atoms with Crippen molar-refractivity contribution < 1.29 is 4.79 Å². The maximum atomic E-state index is 12.9. The lowest BCUT2D eigenvalue weighted by atomic mass is 9.99. The van der Waals surface area contributed by atoms with Gasteiger partial charge in [-0.05, 0) is 35.4 Å². The van der Waals surface area contributed by atoms with Crippen molar-refractivity contribution in [2.45, 2.75) is 15.8 Å². The van der Waals surface area contributed by atoms with E-state index in [-0.39, 0.29) is 12.1 Å². The molecule has 4 rings (SSSR count).